The van der Waals surface area contributed by atoms with Crippen LogP contribution >= 0.6 is 11.6 Å². The van der Waals surface area contributed by atoms with E-state index < -0.39 is 5.97 Å². The van der Waals surface area contributed by atoms with Crippen LogP contribution in [0.15, 0.2) is 24.3 Å². The Morgan fingerprint density at radius 2 is 2.00 bits per heavy atom. The van der Waals surface area contributed by atoms with Gasteiger partial charge in [0.15, 0.2) is 0 Å². The van der Waals surface area contributed by atoms with Crippen LogP contribution in [0.3, 0.4) is 0 Å². The zero-order chi connectivity index (χ0) is 20.5. The second kappa shape index (κ2) is 11.1. The molecule has 8 heteroatoms. The molecule has 2 N–H and O–H groups in total. The number of carbonyl (C=O) groups is 1. The zero-order valence-corrected chi connectivity index (χ0v) is 17.0. The standard InChI is InChI=1S/C20H25ClN2O5/c1-4-27-20(24)19-17(12-26-10-9-22)23-13(2)15(11-28-25-3)18(19)14-7-5-6-8-16(14)21/h5-8H,4,9-12,22H2,1-3H3. The minimum atomic E-state index is -0.505. The topological polar surface area (TPSA) is 92.9 Å². The van der Waals surface area contributed by atoms with Crippen molar-refractivity contribution in [2.75, 3.05) is 26.9 Å². The van der Waals surface area contributed by atoms with Crippen molar-refractivity contribution < 1.29 is 24.0 Å². The van der Waals surface area contributed by atoms with Gasteiger partial charge in [-0.1, -0.05) is 29.8 Å². The number of esters is 1. The van der Waals surface area contributed by atoms with Gasteiger partial charge in [-0.25, -0.2) is 14.6 Å². The number of benzene rings is 1. The van der Waals surface area contributed by atoms with Gasteiger partial charge in [0, 0.05) is 34.0 Å². The summed E-state index contributed by atoms with van der Waals surface area (Å²) in [5.74, 6) is -0.505. The fraction of sp³-hybridized carbons (Fsp3) is 0.400. The van der Waals surface area contributed by atoms with Gasteiger partial charge in [-0.3, -0.25) is 4.98 Å². The number of aromatic nitrogens is 1. The van der Waals surface area contributed by atoms with Gasteiger partial charge >= 0.3 is 5.97 Å². The summed E-state index contributed by atoms with van der Waals surface area (Å²) in [6.45, 7) is 4.72. The number of carbonyl (C=O) groups excluding carboxylic acids is 1. The van der Waals surface area contributed by atoms with Crippen molar-refractivity contribution in [2.45, 2.75) is 27.1 Å². The minimum absolute atomic E-state index is 0.0895. The van der Waals surface area contributed by atoms with E-state index in [0.29, 0.717) is 51.8 Å². The first-order valence-corrected chi connectivity index (χ1v) is 9.30. The number of aryl methyl sites for hydroxylation is 1. The molecular weight excluding hydrogens is 384 g/mol. The zero-order valence-electron chi connectivity index (χ0n) is 16.3. The maximum absolute atomic E-state index is 12.9. The average Bonchev–Trinajstić information content (AvgIpc) is 2.67. The Kier molecular flexibility index (Phi) is 8.82. The summed E-state index contributed by atoms with van der Waals surface area (Å²) in [4.78, 5) is 27.4. The van der Waals surface area contributed by atoms with Gasteiger partial charge < -0.3 is 15.2 Å². The van der Waals surface area contributed by atoms with E-state index in [1.54, 1.807) is 13.0 Å². The van der Waals surface area contributed by atoms with Crippen molar-refractivity contribution in [2.24, 2.45) is 5.73 Å². The summed E-state index contributed by atoms with van der Waals surface area (Å²) >= 11 is 6.46. The molecule has 0 amide bonds. The molecule has 0 radical (unpaired) electrons. The number of hydrogen-bond donors (Lipinski definition) is 1. The molecule has 0 aliphatic heterocycles. The molecule has 0 saturated carbocycles. The van der Waals surface area contributed by atoms with Gasteiger partial charge in [0.2, 0.25) is 0 Å². The third kappa shape index (κ3) is 5.27. The Balaban J connectivity index is 2.76. The first-order valence-electron chi connectivity index (χ1n) is 8.92. The molecule has 0 fully saturated rings. The third-order valence-corrected chi connectivity index (χ3v) is 4.35. The summed E-state index contributed by atoms with van der Waals surface area (Å²) in [5, 5.41) is 0.492. The molecule has 1 aromatic heterocycles. The van der Waals surface area contributed by atoms with Crippen LogP contribution in [0.2, 0.25) is 5.02 Å². The number of nitrogens with two attached hydrogens (primary N) is 1. The number of ether oxygens (including phenoxy) is 2. The SMILES string of the molecule is CCOC(=O)c1c(COCCN)nc(C)c(COOC)c1-c1ccccc1Cl. The quantitative estimate of drug-likeness (QED) is 0.278. The van der Waals surface area contributed by atoms with Crippen LogP contribution in [-0.2, 0) is 32.5 Å². The molecule has 0 saturated heterocycles. The van der Waals surface area contributed by atoms with Gasteiger partial charge in [0.1, 0.15) is 6.61 Å². The van der Waals surface area contributed by atoms with Crippen LogP contribution in [-0.4, -0.2) is 37.8 Å². The lowest BCUT2D eigenvalue weighted by atomic mass is 9.92. The van der Waals surface area contributed by atoms with Gasteiger partial charge in [-0.15, -0.1) is 0 Å². The lowest BCUT2D eigenvalue weighted by Gasteiger charge is -2.20. The van der Waals surface area contributed by atoms with Crippen molar-refractivity contribution in [1.82, 2.24) is 4.98 Å². The molecule has 2 rings (SSSR count). The lowest BCUT2D eigenvalue weighted by Crippen LogP contribution is -2.17. The first-order chi connectivity index (χ1) is 13.5. The van der Waals surface area contributed by atoms with Crippen LogP contribution in [0.5, 0.6) is 0 Å². The minimum Gasteiger partial charge on any atom is -0.462 e. The lowest BCUT2D eigenvalue weighted by molar-refractivity contribution is -0.282. The molecule has 1 aromatic carbocycles. The Morgan fingerprint density at radius 3 is 2.64 bits per heavy atom. The van der Waals surface area contributed by atoms with Gasteiger partial charge in [-0.2, -0.15) is 0 Å². The number of nitrogens with zero attached hydrogens (tertiary/aromatic N) is 1. The predicted octanol–water partition coefficient (Wildman–Crippen LogP) is 3.44. The Labute approximate surface area is 169 Å². The maximum atomic E-state index is 12.9. The summed E-state index contributed by atoms with van der Waals surface area (Å²) in [7, 11) is 1.42. The van der Waals surface area contributed by atoms with Crippen molar-refractivity contribution in [3.63, 3.8) is 0 Å². The molecule has 0 spiro atoms. The monoisotopic (exact) mass is 408 g/mol. The number of pyridine rings is 1. The number of rotatable bonds is 10. The molecule has 0 aliphatic carbocycles. The highest BCUT2D eigenvalue weighted by Gasteiger charge is 2.26. The summed E-state index contributed by atoms with van der Waals surface area (Å²) in [6.07, 6.45) is 0. The number of hydrogen-bond acceptors (Lipinski definition) is 7. The van der Waals surface area contributed by atoms with E-state index in [0.717, 1.165) is 0 Å². The second-order valence-corrected chi connectivity index (χ2v) is 6.25. The molecule has 7 nitrogen and oxygen atoms in total. The average molecular weight is 409 g/mol. The molecule has 2 aromatic rings. The molecule has 28 heavy (non-hydrogen) atoms. The van der Waals surface area contributed by atoms with Gasteiger partial charge in [-0.05, 0) is 19.9 Å². The van der Waals surface area contributed by atoms with Gasteiger partial charge in [0.25, 0.3) is 0 Å². The van der Waals surface area contributed by atoms with E-state index in [4.69, 9.17) is 36.6 Å². The van der Waals surface area contributed by atoms with Crippen LogP contribution in [0.25, 0.3) is 11.1 Å². The molecule has 152 valence electrons. The van der Waals surface area contributed by atoms with Crippen molar-refractivity contribution >= 4 is 17.6 Å². The fourth-order valence-corrected chi connectivity index (χ4v) is 3.07. The summed E-state index contributed by atoms with van der Waals surface area (Å²) in [6, 6.07) is 7.26. The second-order valence-electron chi connectivity index (χ2n) is 5.84. The third-order valence-electron chi connectivity index (χ3n) is 4.02. The molecule has 0 atom stereocenters. The van der Waals surface area contributed by atoms with E-state index in [-0.39, 0.29) is 19.8 Å². The molecule has 0 bridgehead atoms. The highest BCUT2D eigenvalue weighted by Crippen LogP contribution is 2.36. The highest BCUT2D eigenvalue weighted by atomic mass is 35.5. The van der Waals surface area contributed by atoms with E-state index in [9.17, 15) is 4.79 Å². The van der Waals surface area contributed by atoms with Gasteiger partial charge in [0.05, 0.1) is 38.2 Å². The fourth-order valence-electron chi connectivity index (χ4n) is 2.84. The van der Waals surface area contributed by atoms with E-state index in [2.05, 4.69) is 4.98 Å². The highest BCUT2D eigenvalue weighted by molar-refractivity contribution is 6.33. The maximum Gasteiger partial charge on any atom is 0.340 e. The van der Waals surface area contributed by atoms with Crippen LogP contribution in [0, 0.1) is 6.92 Å². The first kappa shape index (κ1) is 22.3. The Bertz CT molecular complexity index is 813. The Morgan fingerprint density at radius 1 is 1.25 bits per heavy atom. The number of halogens is 1. The normalized spacial score (nSPS) is 10.9. The Hall–Kier alpha value is -2.03. The smallest absolute Gasteiger partial charge is 0.340 e. The van der Waals surface area contributed by atoms with Crippen molar-refractivity contribution in [3.05, 3.63) is 51.8 Å². The van der Waals surface area contributed by atoms with E-state index in [1.807, 2.05) is 25.1 Å². The molecule has 1 heterocycles. The van der Waals surface area contributed by atoms with Crippen LogP contribution in [0.4, 0.5) is 0 Å². The van der Waals surface area contributed by atoms with Crippen LogP contribution < -0.4 is 5.73 Å². The van der Waals surface area contributed by atoms with Crippen molar-refractivity contribution in [3.8, 4) is 11.1 Å². The summed E-state index contributed by atoms with van der Waals surface area (Å²) < 4.78 is 10.9. The molecule has 0 unspecified atom stereocenters. The van der Waals surface area contributed by atoms with Crippen LogP contribution in [0.1, 0.15) is 34.2 Å². The summed E-state index contributed by atoms with van der Waals surface area (Å²) in [5.41, 5.74) is 8.88. The molecule has 0 aliphatic rings. The largest absolute Gasteiger partial charge is 0.462 e. The van der Waals surface area contributed by atoms with E-state index in [1.165, 1.54) is 7.11 Å². The van der Waals surface area contributed by atoms with E-state index >= 15 is 0 Å². The molecular formula is C20H25ClN2O5. The predicted molar refractivity (Wildman–Crippen MR) is 106 cm³/mol. The van der Waals surface area contributed by atoms with Crippen molar-refractivity contribution in [1.29, 1.82) is 0 Å².